The molecule has 0 aliphatic carbocycles. The number of aryl methyl sites for hydroxylation is 1. The van der Waals surface area contributed by atoms with Gasteiger partial charge in [0.2, 0.25) is 21.8 Å². The van der Waals surface area contributed by atoms with Crippen LogP contribution in [0.1, 0.15) is 65.4 Å². The molecule has 1 aromatic carbocycles. The lowest BCUT2D eigenvalue weighted by molar-refractivity contribution is -0.125. The van der Waals surface area contributed by atoms with Gasteiger partial charge in [-0.15, -0.1) is 0 Å². The molecule has 2 heterocycles. The standard InChI is InChI=1S/C22H33N3O4S/c1-5-22(3,4)23-20(26)15-24-19-11-10-18(14-17(19)9-12-21(24)27)30(28,29)25-13-7-6-8-16(25)2/h10-11,14,16H,5-9,12-13,15H2,1-4H3,(H,23,26). The van der Waals surface area contributed by atoms with Crippen molar-refractivity contribution in [2.75, 3.05) is 18.0 Å². The normalized spacial score (nSPS) is 20.7. The lowest BCUT2D eigenvalue weighted by Crippen LogP contribution is -2.49. The highest BCUT2D eigenvalue weighted by Crippen LogP contribution is 2.32. The number of sulfonamides is 1. The summed E-state index contributed by atoms with van der Waals surface area (Å²) in [6.45, 7) is 8.30. The number of nitrogens with zero attached hydrogens (tertiary/aromatic N) is 2. The molecule has 1 atom stereocenters. The van der Waals surface area contributed by atoms with Crippen molar-refractivity contribution < 1.29 is 18.0 Å². The quantitative estimate of drug-likeness (QED) is 0.744. The summed E-state index contributed by atoms with van der Waals surface area (Å²) in [6.07, 6.45) is 4.31. The van der Waals surface area contributed by atoms with Crippen molar-refractivity contribution >= 4 is 27.5 Å². The van der Waals surface area contributed by atoms with E-state index in [4.69, 9.17) is 0 Å². The van der Waals surface area contributed by atoms with Gasteiger partial charge in [0, 0.05) is 30.2 Å². The largest absolute Gasteiger partial charge is 0.350 e. The Balaban J connectivity index is 1.85. The van der Waals surface area contributed by atoms with Crippen LogP contribution < -0.4 is 10.2 Å². The Kier molecular flexibility index (Phi) is 6.57. The fourth-order valence-electron chi connectivity index (χ4n) is 4.08. The number of anilines is 1. The molecule has 1 fully saturated rings. The maximum Gasteiger partial charge on any atom is 0.243 e. The molecule has 30 heavy (non-hydrogen) atoms. The van der Waals surface area contributed by atoms with Gasteiger partial charge in [0.1, 0.15) is 6.54 Å². The molecular weight excluding hydrogens is 402 g/mol. The zero-order chi connectivity index (χ0) is 22.1. The molecule has 1 N–H and O–H groups in total. The van der Waals surface area contributed by atoms with Crippen LogP contribution in [0.2, 0.25) is 0 Å². The van der Waals surface area contributed by atoms with E-state index in [1.807, 2.05) is 27.7 Å². The number of amides is 2. The van der Waals surface area contributed by atoms with Crippen molar-refractivity contribution in [3.05, 3.63) is 23.8 Å². The van der Waals surface area contributed by atoms with Crippen LogP contribution in [0.25, 0.3) is 0 Å². The van der Waals surface area contributed by atoms with Crippen molar-refractivity contribution in [2.45, 2.75) is 82.7 Å². The Morgan fingerprint density at radius 3 is 2.63 bits per heavy atom. The van der Waals surface area contributed by atoms with Crippen molar-refractivity contribution in [3.8, 4) is 0 Å². The van der Waals surface area contributed by atoms with Gasteiger partial charge in [-0.1, -0.05) is 13.3 Å². The van der Waals surface area contributed by atoms with E-state index in [1.54, 1.807) is 22.5 Å². The van der Waals surface area contributed by atoms with Gasteiger partial charge in [-0.05, 0) is 70.2 Å². The second kappa shape index (κ2) is 8.67. The molecule has 1 saturated heterocycles. The van der Waals surface area contributed by atoms with E-state index < -0.39 is 10.0 Å². The summed E-state index contributed by atoms with van der Waals surface area (Å²) in [4.78, 5) is 26.8. The van der Waals surface area contributed by atoms with Gasteiger partial charge in [-0.25, -0.2) is 8.42 Å². The Hall–Kier alpha value is -1.93. The van der Waals surface area contributed by atoms with Gasteiger partial charge in [-0.3, -0.25) is 9.59 Å². The Bertz CT molecular complexity index is 926. The van der Waals surface area contributed by atoms with Gasteiger partial charge in [0.05, 0.1) is 4.90 Å². The fraction of sp³-hybridized carbons (Fsp3) is 0.636. The van der Waals surface area contributed by atoms with Crippen molar-refractivity contribution in [3.63, 3.8) is 0 Å². The third kappa shape index (κ3) is 4.70. The van der Waals surface area contributed by atoms with Crippen LogP contribution in [0.4, 0.5) is 5.69 Å². The molecule has 0 bridgehead atoms. The van der Waals surface area contributed by atoms with Crippen LogP contribution in [0.5, 0.6) is 0 Å². The Morgan fingerprint density at radius 1 is 1.23 bits per heavy atom. The van der Waals surface area contributed by atoms with Crippen LogP contribution in [0, 0.1) is 0 Å². The predicted octanol–water partition coefficient (Wildman–Crippen LogP) is 2.83. The van der Waals surface area contributed by atoms with Crippen molar-refractivity contribution in [1.82, 2.24) is 9.62 Å². The summed E-state index contributed by atoms with van der Waals surface area (Å²) in [5.41, 5.74) is 1.08. The molecule has 8 heteroatoms. The van der Waals surface area contributed by atoms with Gasteiger partial charge in [-0.2, -0.15) is 4.31 Å². The number of fused-ring (bicyclic) bond motifs is 1. The molecule has 7 nitrogen and oxygen atoms in total. The van der Waals surface area contributed by atoms with Gasteiger partial charge >= 0.3 is 0 Å². The third-order valence-electron chi connectivity index (χ3n) is 6.26. The average molecular weight is 436 g/mol. The number of carbonyl (C=O) groups is 2. The Labute approximate surface area is 179 Å². The number of rotatable bonds is 6. The maximum absolute atomic E-state index is 13.2. The zero-order valence-corrected chi connectivity index (χ0v) is 19.2. The highest BCUT2D eigenvalue weighted by atomic mass is 32.2. The van der Waals surface area contributed by atoms with E-state index in [9.17, 15) is 18.0 Å². The molecule has 0 radical (unpaired) electrons. The van der Waals surface area contributed by atoms with Crippen molar-refractivity contribution in [1.29, 1.82) is 0 Å². The second-order valence-corrected chi connectivity index (χ2v) is 10.9. The molecule has 2 amide bonds. The number of benzene rings is 1. The third-order valence-corrected chi connectivity index (χ3v) is 8.27. The first-order valence-electron chi connectivity index (χ1n) is 10.8. The molecule has 166 valence electrons. The molecule has 2 aliphatic rings. The van der Waals surface area contributed by atoms with E-state index in [-0.39, 0.29) is 41.3 Å². The second-order valence-electron chi connectivity index (χ2n) is 9.02. The summed E-state index contributed by atoms with van der Waals surface area (Å²) >= 11 is 0. The van der Waals surface area contributed by atoms with Crippen LogP contribution in [-0.4, -0.2) is 49.2 Å². The Morgan fingerprint density at radius 2 is 1.97 bits per heavy atom. The monoisotopic (exact) mass is 435 g/mol. The predicted molar refractivity (Wildman–Crippen MR) is 117 cm³/mol. The first kappa shape index (κ1) is 22.7. The molecule has 0 aromatic heterocycles. The molecule has 3 rings (SSSR count). The molecular formula is C22H33N3O4S. The lowest BCUT2D eigenvalue weighted by Gasteiger charge is -2.33. The minimum Gasteiger partial charge on any atom is -0.350 e. The van der Waals surface area contributed by atoms with Crippen LogP contribution >= 0.6 is 0 Å². The van der Waals surface area contributed by atoms with Gasteiger partial charge < -0.3 is 10.2 Å². The summed E-state index contributed by atoms with van der Waals surface area (Å²) < 4.78 is 27.9. The summed E-state index contributed by atoms with van der Waals surface area (Å²) in [7, 11) is -3.58. The molecule has 0 spiro atoms. The topological polar surface area (TPSA) is 86.8 Å². The van der Waals surface area contributed by atoms with E-state index in [1.165, 1.54) is 4.90 Å². The smallest absolute Gasteiger partial charge is 0.243 e. The summed E-state index contributed by atoms with van der Waals surface area (Å²) in [5, 5.41) is 2.95. The van der Waals surface area contributed by atoms with Crippen LogP contribution in [0.3, 0.4) is 0 Å². The van der Waals surface area contributed by atoms with E-state index in [0.717, 1.165) is 31.2 Å². The lowest BCUT2D eigenvalue weighted by atomic mass is 10.0. The summed E-state index contributed by atoms with van der Waals surface area (Å²) in [5.74, 6) is -0.339. The van der Waals surface area contributed by atoms with Crippen LogP contribution in [-0.2, 0) is 26.0 Å². The first-order chi connectivity index (χ1) is 14.0. The fourth-order valence-corrected chi connectivity index (χ4v) is 5.83. The zero-order valence-electron chi connectivity index (χ0n) is 18.4. The van der Waals surface area contributed by atoms with Gasteiger partial charge in [0.15, 0.2) is 0 Å². The molecule has 1 unspecified atom stereocenters. The minimum atomic E-state index is -3.58. The minimum absolute atomic E-state index is 0.0107. The number of carbonyl (C=O) groups excluding carboxylic acids is 2. The number of piperidine rings is 1. The highest BCUT2D eigenvalue weighted by Gasteiger charge is 2.33. The maximum atomic E-state index is 13.2. The average Bonchev–Trinajstić information content (AvgIpc) is 2.69. The van der Waals surface area contributed by atoms with E-state index in [0.29, 0.717) is 18.7 Å². The van der Waals surface area contributed by atoms with Crippen LogP contribution in [0.15, 0.2) is 23.1 Å². The molecule has 1 aromatic rings. The summed E-state index contributed by atoms with van der Waals surface area (Å²) in [6, 6.07) is 4.91. The molecule has 2 aliphatic heterocycles. The SMILES string of the molecule is CCC(C)(C)NC(=O)CN1C(=O)CCc2cc(S(=O)(=O)N3CCCCC3C)ccc21. The van der Waals surface area contributed by atoms with E-state index >= 15 is 0 Å². The van der Waals surface area contributed by atoms with E-state index in [2.05, 4.69) is 5.32 Å². The van der Waals surface area contributed by atoms with Crippen molar-refractivity contribution in [2.24, 2.45) is 0 Å². The number of hydrogen-bond acceptors (Lipinski definition) is 4. The molecule has 0 saturated carbocycles. The van der Waals surface area contributed by atoms with Gasteiger partial charge in [0.25, 0.3) is 0 Å². The first-order valence-corrected chi connectivity index (χ1v) is 12.3. The number of hydrogen-bond donors (Lipinski definition) is 1. The number of nitrogens with one attached hydrogen (secondary N) is 1. The highest BCUT2D eigenvalue weighted by molar-refractivity contribution is 7.89.